The molecule has 20 heavy (non-hydrogen) atoms. The Bertz CT molecular complexity index is 829. The highest BCUT2D eigenvalue weighted by Gasteiger charge is 2.04. The predicted octanol–water partition coefficient (Wildman–Crippen LogP) is 4.86. The number of benzene rings is 2. The van der Waals surface area contributed by atoms with Gasteiger partial charge in [0, 0.05) is 15.9 Å². The van der Waals surface area contributed by atoms with E-state index in [1.165, 1.54) is 12.1 Å². The van der Waals surface area contributed by atoms with Gasteiger partial charge in [-0.05, 0) is 47.8 Å². The molecule has 1 aromatic heterocycles. The molecule has 0 aliphatic heterocycles. The Hall–Kier alpha value is -2.48. The van der Waals surface area contributed by atoms with Gasteiger partial charge in [-0.15, -0.1) is 0 Å². The average molecular weight is 266 g/mol. The number of aromatic nitrogens is 1. The van der Waals surface area contributed by atoms with Gasteiger partial charge in [0.05, 0.1) is 5.69 Å². The van der Waals surface area contributed by atoms with Crippen molar-refractivity contribution in [3.63, 3.8) is 0 Å². The second-order valence-electron chi connectivity index (χ2n) is 4.49. The molecule has 0 aliphatic rings. The van der Waals surface area contributed by atoms with Gasteiger partial charge in [-0.3, -0.25) is 4.98 Å². The molecule has 3 rings (SSSR count). The number of hydrogen-bond acceptors (Lipinski definition) is 1. The zero-order chi connectivity index (χ0) is 16.4. The van der Waals surface area contributed by atoms with Gasteiger partial charge < -0.3 is 0 Å². The fourth-order valence-corrected chi connectivity index (χ4v) is 2.08. The van der Waals surface area contributed by atoms with Crippen molar-refractivity contribution in [2.75, 3.05) is 0 Å². The molecule has 1 heterocycles. The Kier molecular flexibility index (Phi) is 2.48. The zero-order valence-corrected chi connectivity index (χ0v) is 10.7. The fourth-order valence-electron chi connectivity index (χ4n) is 2.08. The Morgan fingerprint density at radius 2 is 1.70 bits per heavy atom. The van der Waals surface area contributed by atoms with Crippen LogP contribution in [0.1, 0.15) is 9.68 Å². The molecule has 2 aromatic carbocycles. The summed E-state index contributed by atoms with van der Waals surface area (Å²) >= 11 is 0. The third-order valence-corrected chi connectivity index (χ3v) is 3.13. The summed E-state index contributed by atoms with van der Waals surface area (Å²) in [5, 5.41) is 0. The first kappa shape index (κ1) is 9.43. The zero-order valence-electron chi connectivity index (χ0n) is 13.7. The van der Waals surface area contributed by atoms with E-state index in [4.69, 9.17) is 4.11 Å². The summed E-state index contributed by atoms with van der Waals surface area (Å²) in [6.07, 6.45) is 1.66. The van der Waals surface area contributed by atoms with E-state index in [1.807, 2.05) is 36.4 Å². The Morgan fingerprint density at radius 3 is 2.50 bits per heavy atom. The van der Waals surface area contributed by atoms with E-state index in [0.717, 1.165) is 16.8 Å². The fraction of sp³-hybridized carbons (Fsp3) is 0.0556. The third-order valence-electron chi connectivity index (χ3n) is 3.13. The van der Waals surface area contributed by atoms with Crippen molar-refractivity contribution < 1.29 is 8.50 Å². The maximum absolute atomic E-state index is 13.8. The lowest BCUT2D eigenvalue weighted by atomic mass is 10.0. The number of rotatable bonds is 2. The first-order chi connectivity index (χ1) is 10.9. The lowest BCUT2D eigenvalue weighted by molar-refractivity contribution is 0.619. The highest BCUT2D eigenvalue weighted by atomic mass is 19.1. The van der Waals surface area contributed by atoms with Crippen LogP contribution in [0.3, 0.4) is 0 Å². The van der Waals surface area contributed by atoms with Crippen LogP contribution in [0.25, 0.3) is 22.4 Å². The molecule has 0 saturated carbocycles. The number of halogens is 1. The summed E-state index contributed by atoms with van der Waals surface area (Å²) in [5.74, 6) is -0.717. The van der Waals surface area contributed by atoms with E-state index >= 15 is 0 Å². The van der Waals surface area contributed by atoms with Crippen LogP contribution in [0, 0.1) is 12.7 Å². The Labute approximate surface area is 122 Å². The van der Waals surface area contributed by atoms with Gasteiger partial charge in [-0.25, -0.2) is 4.39 Å². The molecule has 0 amide bonds. The molecule has 3 aromatic rings. The molecule has 0 fully saturated rings. The minimum atomic E-state index is -2.48. The lowest BCUT2D eigenvalue weighted by Gasteiger charge is -2.06. The van der Waals surface area contributed by atoms with Crippen LogP contribution >= 0.6 is 0 Å². The van der Waals surface area contributed by atoms with Gasteiger partial charge >= 0.3 is 0 Å². The van der Waals surface area contributed by atoms with E-state index in [-0.39, 0.29) is 5.56 Å². The molecule has 0 N–H and O–H groups in total. The van der Waals surface area contributed by atoms with Gasteiger partial charge in [0.2, 0.25) is 0 Å². The van der Waals surface area contributed by atoms with Crippen molar-refractivity contribution in [2.45, 2.75) is 6.85 Å². The molecule has 0 spiro atoms. The van der Waals surface area contributed by atoms with Crippen LogP contribution in [0.15, 0.2) is 66.9 Å². The molecule has 98 valence electrons. The summed E-state index contributed by atoms with van der Waals surface area (Å²) in [7, 11) is 0. The molecule has 0 radical (unpaired) electrons. The van der Waals surface area contributed by atoms with Crippen molar-refractivity contribution in [1.82, 2.24) is 4.98 Å². The van der Waals surface area contributed by atoms with Crippen LogP contribution in [-0.4, -0.2) is 4.98 Å². The van der Waals surface area contributed by atoms with Crippen molar-refractivity contribution in [1.29, 1.82) is 0 Å². The lowest BCUT2D eigenvalue weighted by Crippen LogP contribution is -1.87. The summed E-state index contributed by atoms with van der Waals surface area (Å²) in [5.41, 5.74) is 2.92. The average Bonchev–Trinajstić information content (AvgIpc) is 2.55. The summed E-state index contributed by atoms with van der Waals surface area (Å²) in [6, 6.07) is 17.5. The van der Waals surface area contributed by atoms with E-state index in [9.17, 15) is 4.39 Å². The number of nitrogens with zero attached hydrogens (tertiary/aromatic N) is 1. The van der Waals surface area contributed by atoms with Crippen molar-refractivity contribution in [2.24, 2.45) is 0 Å². The first-order valence-corrected chi connectivity index (χ1v) is 6.27. The molecule has 0 atom stereocenters. The smallest absolute Gasteiger partial charge is 0.126 e. The maximum Gasteiger partial charge on any atom is 0.126 e. The standard InChI is InChI=1S/C18H14FN/c1-13-11-15(7-8-17(13)19)16-9-10-20-18(12-16)14-5-3-2-4-6-14/h2-12H,1H3/i1D3. The highest BCUT2D eigenvalue weighted by Crippen LogP contribution is 2.25. The number of aryl methyl sites for hydroxylation is 1. The van der Waals surface area contributed by atoms with Gasteiger partial charge in [0.1, 0.15) is 5.82 Å². The van der Waals surface area contributed by atoms with E-state index in [1.54, 1.807) is 18.3 Å². The maximum atomic E-state index is 13.8. The Balaban J connectivity index is 2.07. The van der Waals surface area contributed by atoms with Crippen molar-refractivity contribution in [3.8, 4) is 22.4 Å². The summed E-state index contributed by atoms with van der Waals surface area (Å²) < 4.78 is 36.0. The molecule has 0 aliphatic carbocycles. The topological polar surface area (TPSA) is 12.9 Å². The molecule has 2 heteroatoms. The molecule has 0 unspecified atom stereocenters. The van der Waals surface area contributed by atoms with Crippen molar-refractivity contribution >= 4 is 0 Å². The van der Waals surface area contributed by atoms with Crippen LogP contribution in [0.5, 0.6) is 0 Å². The molecule has 1 nitrogen and oxygen atoms in total. The molecule has 0 bridgehead atoms. The first-order valence-electron chi connectivity index (χ1n) is 7.77. The van der Waals surface area contributed by atoms with E-state index in [0.29, 0.717) is 5.56 Å². The SMILES string of the molecule is [2H]C([2H])([2H])c1cc(-c2ccnc(-c3ccccc3)c2)ccc1F. The Morgan fingerprint density at radius 1 is 0.900 bits per heavy atom. The quantitative estimate of drug-likeness (QED) is 0.645. The third kappa shape index (κ3) is 2.45. The van der Waals surface area contributed by atoms with E-state index < -0.39 is 12.7 Å². The van der Waals surface area contributed by atoms with Gasteiger partial charge in [0.15, 0.2) is 0 Å². The summed E-state index contributed by atoms with van der Waals surface area (Å²) in [4.78, 5) is 4.34. The van der Waals surface area contributed by atoms with Crippen LogP contribution < -0.4 is 0 Å². The highest BCUT2D eigenvalue weighted by molar-refractivity contribution is 5.70. The largest absolute Gasteiger partial charge is 0.256 e. The minimum absolute atomic E-state index is 0.270. The molecular formula is C18H14FN. The van der Waals surface area contributed by atoms with Crippen molar-refractivity contribution in [3.05, 3.63) is 78.2 Å². The molecule has 0 saturated heterocycles. The normalized spacial score (nSPS) is 13.3. The number of pyridine rings is 1. The van der Waals surface area contributed by atoms with E-state index in [2.05, 4.69) is 4.98 Å². The summed E-state index contributed by atoms with van der Waals surface area (Å²) in [6.45, 7) is -2.48. The predicted molar refractivity (Wildman–Crippen MR) is 79.8 cm³/mol. The van der Waals surface area contributed by atoms with Crippen LogP contribution in [-0.2, 0) is 0 Å². The second-order valence-corrected chi connectivity index (χ2v) is 4.49. The van der Waals surface area contributed by atoms with Crippen LogP contribution in [0.2, 0.25) is 0 Å². The second kappa shape index (κ2) is 5.25. The number of hydrogen-bond donors (Lipinski definition) is 0. The van der Waals surface area contributed by atoms with Gasteiger partial charge in [0.25, 0.3) is 0 Å². The molecular weight excluding hydrogens is 249 g/mol. The van der Waals surface area contributed by atoms with Crippen LogP contribution in [0.4, 0.5) is 4.39 Å². The monoisotopic (exact) mass is 266 g/mol. The van der Waals surface area contributed by atoms with Gasteiger partial charge in [-0.1, -0.05) is 36.4 Å². The van der Waals surface area contributed by atoms with Gasteiger partial charge in [-0.2, -0.15) is 0 Å². The minimum Gasteiger partial charge on any atom is -0.256 e.